The molecule has 1 amide bonds. The van der Waals surface area contributed by atoms with Gasteiger partial charge in [0.25, 0.3) is 0 Å². The quantitative estimate of drug-likeness (QED) is 0.745. The van der Waals surface area contributed by atoms with Crippen molar-refractivity contribution in [3.8, 4) is 0 Å². The summed E-state index contributed by atoms with van der Waals surface area (Å²) in [7, 11) is 1.42. The lowest BCUT2D eigenvalue weighted by molar-refractivity contribution is -0.128. The second-order valence-corrected chi connectivity index (χ2v) is 7.73. The summed E-state index contributed by atoms with van der Waals surface area (Å²) in [5.41, 5.74) is 0. The molecule has 2 unspecified atom stereocenters. The molecule has 0 spiro atoms. The van der Waals surface area contributed by atoms with Gasteiger partial charge in [0.2, 0.25) is 15.9 Å². The molecule has 1 rings (SSSR count). The van der Waals surface area contributed by atoms with E-state index in [0.717, 1.165) is 19.3 Å². The van der Waals surface area contributed by atoms with Crippen LogP contribution in [0.4, 0.5) is 0 Å². The van der Waals surface area contributed by atoms with Crippen molar-refractivity contribution in [1.82, 2.24) is 9.21 Å². The fraction of sp³-hybridized carbons (Fsp3) is 0.917. The first kappa shape index (κ1) is 15.4. The first-order valence-electron chi connectivity index (χ1n) is 6.36. The van der Waals surface area contributed by atoms with Crippen LogP contribution in [0.5, 0.6) is 0 Å². The zero-order valence-electron chi connectivity index (χ0n) is 11.7. The number of nitrogens with zero attached hydrogens (tertiary/aromatic N) is 2. The van der Waals surface area contributed by atoms with Crippen molar-refractivity contribution in [3.63, 3.8) is 0 Å². The molecule has 106 valence electrons. The molecule has 18 heavy (non-hydrogen) atoms. The monoisotopic (exact) mass is 276 g/mol. The predicted molar refractivity (Wildman–Crippen MR) is 71.6 cm³/mol. The highest BCUT2D eigenvalue weighted by molar-refractivity contribution is 7.89. The van der Waals surface area contributed by atoms with Gasteiger partial charge < -0.3 is 4.90 Å². The third-order valence-electron chi connectivity index (χ3n) is 3.58. The van der Waals surface area contributed by atoms with E-state index in [2.05, 4.69) is 6.92 Å². The summed E-state index contributed by atoms with van der Waals surface area (Å²) in [4.78, 5) is 12.9. The van der Waals surface area contributed by atoms with Crippen LogP contribution in [0.2, 0.25) is 0 Å². The van der Waals surface area contributed by atoms with Crippen LogP contribution in [0.15, 0.2) is 0 Å². The van der Waals surface area contributed by atoms with Gasteiger partial charge >= 0.3 is 0 Å². The lowest BCUT2D eigenvalue weighted by Crippen LogP contribution is -2.39. The van der Waals surface area contributed by atoms with E-state index in [9.17, 15) is 13.2 Å². The molecule has 1 aliphatic rings. The highest BCUT2D eigenvalue weighted by atomic mass is 32.2. The van der Waals surface area contributed by atoms with Crippen LogP contribution in [0.25, 0.3) is 0 Å². The Labute approximate surface area is 110 Å². The topological polar surface area (TPSA) is 57.7 Å². The molecule has 0 N–H and O–H groups in total. The summed E-state index contributed by atoms with van der Waals surface area (Å²) >= 11 is 0. The molecule has 0 saturated heterocycles. The molecule has 0 aromatic rings. The Bertz CT molecular complexity index is 392. The minimum atomic E-state index is -3.31. The van der Waals surface area contributed by atoms with Crippen molar-refractivity contribution in [2.24, 2.45) is 11.8 Å². The second-order valence-electron chi connectivity index (χ2n) is 5.61. The molecule has 0 aliphatic heterocycles. The van der Waals surface area contributed by atoms with Crippen LogP contribution >= 0.6 is 0 Å². The van der Waals surface area contributed by atoms with Gasteiger partial charge in [0.05, 0.1) is 12.3 Å². The van der Waals surface area contributed by atoms with Crippen LogP contribution in [0.1, 0.15) is 26.2 Å². The van der Waals surface area contributed by atoms with Crippen molar-refractivity contribution < 1.29 is 13.2 Å². The average Bonchev–Trinajstić information content (AvgIpc) is 2.62. The minimum absolute atomic E-state index is 0.0718. The Morgan fingerprint density at radius 2 is 1.83 bits per heavy atom. The summed E-state index contributed by atoms with van der Waals surface area (Å²) in [6, 6.07) is 0. The molecular formula is C12H24N2O3S. The molecule has 0 heterocycles. The Morgan fingerprint density at radius 3 is 2.28 bits per heavy atom. The third-order valence-corrected chi connectivity index (χ3v) is 5.55. The molecule has 0 bridgehead atoms. The van der Waals surface area contributed by atoms with Crippen molar-refractivity contribution in [1.29, 1.82) is 0 Å². The summed E-state index contributed by atoms with van der Waals surface area (Å²) < 4.78 is 25.4. The lowest BCUT2D eigenvalue weighted by atomic mass is 10.1. The van der Waals surface area contributed by atoms with Gasteiger partial charge in [-0.25, -0.2) is 8.42 Å². The van der Waals surface area contributed by atoms with E-state index in [4.69, 9.17) is 0 Å². The highest BCUT2D eigenvalue weighted by Crippen LogP contribution is 2.31. The van der Waals surface area contributed by atoms with Gasteiger partial charge in [-0.15, -0.1) is 0 Å². The van der Waals surface area contributed by atoms with Crippen molar-refractivity contribution in [2.45, 2.75) is 26.2 Å². The van der Waals surface area contributed by atoms with Gasteiger partial charge in [-0.1, -0.05) is 13.3 Å². The number of sulfonamides is 1. The van der Waals surface area contributed by atoms with Crippen molar-refractivity contribution in [2.75, 3.05) is 33.4 Å². The van der Waals surface area contributed by atoms with E-state index < -0.39 is 10.0 Å². The molecule has 0 aromatic heterocycles. The third kappa shape index (κ3) is 4.24. The molecule has 2 atom stereocenters. The van der Waals surface area contributed by atoms with Gasteiger partial charge in [0.1, 0.15) is 0 Å². The number of carbonyl (C=O) groups excluding carboxylic acids is 1. The van der Waals surface area contributed by atoms with E-state index in [0.29, 0.717) is 5.92 Å². The van der Waals surface area contributed by atoms with Gasteiger partial charge in [-0.05, 0) is 24.7 Å². The molecule has 1 saturated carbocycles. The number of carbonyl (C=O) groups is 1. The standard InChI is InChI=1S/C12H24N2O3S/c1-10-5-6-11(7-10)9-18(16,17)14(4)8-12(15)13(2)3/h10-11H,5-9H2,1-4H3. The summed E-state index contributed by atoms with van der Waals surface area (Å²) in [5, 5.41) is 0. The van der Waals surface area contributed by atoms with Gasteiger partial charge in [-0.2, -0.15) is 4.31 Å². The predicted octanol–water partition coefficient (Wildman–Crippen LogP) is 0.772. The van der Waals surface area contributed by atoms with Crippen LogP contribution in [0.3, 0.4) is 0 Å². The van der Waals surface area contributed by atoms with E-state index in [-0.39, 0.29) is 24.1 Å². The molecule has 1 aliphatic carbocycles. The fourth-order valence-corrected chi connectivity index (χ4v) is 3.79. The van der Waals surface area contributed by atoms with Gasteiger partial charge in [0, 0.05) is 21.1 Å². The first-order chi connectivity index (χ1) is 8.22. The normalized spacial score (nSPS) is 24.5. The van der Waals surface area contributed by atoms with E-state index in [1.807, 2.05) is 0 Å². The number of amides is 1. The molecule has 5 nitrogen and oxygen atoms in total. The molecule has 0 aromatic carbocycles. The molecule has 6 heteroatoms. The van der Waals surface area contributed by atoms with Gasteiger partial charge in [0.15, 0.2) is 0 Å². The largest absolute Gasteiger partial charge is 0.348 e. The maximum Gasteiger partial charge on any atom is 0.237 e. The smallest absolute Gasteiger partial charge is 0.237 e. The molecule has 1 fully saturated rings. The summed E-state index contributed by atoms with van der Waals surface area (Å²) in [6.07, 6.45) is 3.07. The van der Waals surface area contributed by atoms with Crippen LogP contribution in [0, 0.1) is 11.8 Å². The Balaban J connectivity index is 2.55. The van der Waals surface area contributed by atoms with Crippen molar-refractivity contribution >= 4 is 15.9 Å². The Hall–Kier alpha value is -0.620. The van der Waals surface area contributed by atoms with Crippen LogP contribution in [-0.4, -0.2) is 57.0 Å². The Morgan fingerprint density at radius 1 is 1.22 bits per heavy atom. The molecule has 0 radical (unpaired) electrons. The van der Waals surface area contributed by atoms with Crippen LogP contribution < -0.4 is 0 Å². The van der Waals surface area contributed by atoms with Gasteiger partial charge in [-0.3, -0.25) is 4.79 Å². The SMILES string of the molecule is CC1CCC(CS(=O)(=O)N(C)CC(=O)N(C)C)C1. The lowest BCUT2D eigenvalue weighted by Gasteiger charge is -2.20. The number of rotatable bonds is 5. The van der Waals surface area contributed by atoms with Crippen molar-refractivity contribution in [3.05, 3.63) is 0 Å². The van der Waals surface area contributed by atoms with E-state index >= 15 is 0 Å². The average molecular weight is 276 g/mol. The first-order valence-corrected chi connectivity index (χ1v) is 7.97. The Kier molecular flexibility index (Phi) is 5.16. The fourth-order valence-electron chi connectivity index (χ4n) is 2.33. The maximum absolute atomic E-state index is 12.1. The van der Waals surface area contributed by atoms with Crippen LogP contribution in [-0.2, 0) is 14.8 Å². The van der Waals surface area contributed by atoms with E-state index in [1.54, 1.807) is 14.1 Å². The number of hydrogen-bond acceptors (Lipinski definition) is 3. The highest BCUT2D eigenvalue weighted by Gasteiger charge is 2.29. The zero-order valence-corrected chi connectivity index (χ0v) is 12.5. The summed E-state index contributed by atoms with van der Waals surface area (Å²) in [6.45, 7) is 2.09. The van der Waals surface area contributed by atoms with E-state index in [1.165, 1.54) is 16.3 Å². The number of likely N-dealkylation sites (N-methyl/N-ethyl adjacent to an activating group) is 2. The minimum Gasteiger partial charge on any atom is -0.348 e. The maximum atomic E-state index is 12.1. The zero-order chi connectivity index (χ0) is 13.9. The second kappa shape index (κ2) is 6.02. The molecular weight excluding hydrogens is 252 g/mol. The number of hydrogen-bond donors (Lipinski definition) is 0. The summed E-state index contributed by atoms with van der Waals surface area (Å²) in [5.74, 6) is 0.857.